The lowest BCUT2D eigenvalue weighted by Gasteiger charge is -2.29. The molecular formula is C15H22N2O2S. The molecule has 110 valence electrons. The number of carbonyl (C=O) groups is 1. The number of nitrogens with zero attached hydrogens (tertiary/aromatic N) is 1. The average Bonchev–Trinajstić information content (AvgIpc) is 2.75. The molecule has 1 saturated heterocycles. The van der Waals surface area contributed by atoms with Crippen molar-refractivity contribution in [1.29, 1.82) is 0 Å². The third-order valence-electron chi connectivity index (χ3n) is 3.40. The van der Waals surface area contributed by atoms with Gasteiger partial charge in [0.1, 0.15) is 10.2 Å². The highest BCUT2D eigenvalue weighted by Crippen LogP contribution is 2.34. The molecule has 2 rings (SSSR count). The Morgan fingerprint density at radius 2 is 2.15 bits per heavy atom. The van der Waals surface area contributed by atoms with E-state index in [1.54, 1.807) is 0 Å². The van der Waals surface area contributed by atoms with Crippen LogP contribution in [0.4, 0.5) is 4.79 Å². The fraction of sp³-hybridized carbons (Fsp3) is 0.600. The normalized spacial score (nSPS) is 19.2. The highest BCUT2D eigenvalue weighted by atomic mass is 32.1. The number of aromatic amines is 1. The highest BCUT2D eigenvalue weighted by molar-refractivity contribution is 7.71. The van der Waals surface area contributed by atoms with Crippen molar-refractivity contribution in [2.75, 3.05) is 6.54 Å². The summed E-state index contributed by atoms with van der Waals surface area (Å²) >= 11 is 5.13. The van der Waals surface area contributed by atoms with E-state index in [1.165, 1.54) is 0 Å². The maximum Gasteiger partial charge on any atom is 0.410 e. The SMILES string of the molecule is Cc1[nH]c(=S)ccc1[C@@H]1CCCN1C(=O)OC(C)(C)C. The van der Waals surface area contributed by atoms with Gasteiger partial charge in [0.2, 0.25) is 0 Å². The number of H-pyrrole nitrogens is 1. The van der Waals surface area contributed by atoms with Gasteiger partial charge < -0.3 is 14.6 Å². The molecule has 0 bridgehead atoms. The molecule has 1 atom stereocenters. The van der Waals surface area contributed by atoms with Crippen LogP contribution in [0.5, 0.6) is 0 Å². The molecule has 2 heterocycles. The van der Waals surface area contributed by atoms with Crippen LogP contribution in [0.2, 0.25) is 0 Å². The van der Waals surface area contributed by atoms with Crippen molar-refractivity contribution in [3.8, 4) is 0 Å². The van der Waals surface area contributed by atoms with E-state index < -0.39 is 5.60 Å². The molecule has 0 aromatic carbocycles. The number of pyridine rings is 1. The molecule has 1 fully saturated rings. The Morgan fingerprint density at radius 1 is 1.45 bits per heavy atom. The Morgan fingerprint density at radius 3 is 2.75 bits per heavy atom. The minimum absolute atomic E-state index is 0.0803. The van der Waals surface area contributed by atoms with E-state index in [0.29, 0.717) is 4.64 Å². The first-order valence-corrected chi connectivity index (χ1v) is 7.38. The first-order valence-electron chi connectivity index (χ1n) is 6.97. The van der Waals surface area contributed by atoms with Crippen molar-refractivity contribution in [2.45, 2.75) is 52.2 Å². The molecule has 1 aromatic heterocycles. The Hall–Kier alpha value is -1.36. The summed E-state index contributed by atoms with van der Waals surface area (Å²) in [6, 6.07) is 3.97. The van der Waals surface area contributed by atoms with Crippen molar-refractivity contribution in [3.63, 3.8) is 0 Å². The summed E-state index contributed by atoms with van der Waals surface area (Å²) < 4.78 is 6.21. The zero-order valence-electron chi connectivity index (χ0n) is 12.5. The number of aryl methyl sites for hydroxylation is 1. The lowest BCUT2D eigenvalue weighted by atomic mass is 10.0. The van der Waals surface area contributed by atoms with Crippen LogP contribution in [0.25, 0.3) is 0 Å². The minimum atomic E-state index is -0.462. The number of rotatable bonds is 1. The van der Waals surface area contributed by atoms with Crippen molar-refractivity contribution in [3.05, 3.63) is 28.0 Å². The van der Waals surface area contributed by atoms with Crippen molar-refractivity contribution in [2.24, 2.45) is 0 Å². The standard InChI is InChI=1S/C15H22N2O2S/c1-10-11(7-8-13(20)16-10)12-6-5-9-17(12)14(18)19-15(2,3)4/h7-8,12H,5-6,9H2,1-4H3,(H,16,20)/t12-/m0/s1. The molecule has 0 aliphatic carbocycles. The molecule has 20 heavy (non-hydrogen) atoms. The van der Waals surface area contributed by atoms with Gasteiger partial charge in [0.05, 0.1) is 6.04 Å². The second-order valence-electron chi connectivity index (χ2n) is 6.23. The van der Waals surface area contributed by atoms with Gasteiger partial charge in [-0.2, -0.15) is 0 Å². The quantitative estimate of drug-likeness (QED) is 0.792. The lowest BCUT2D eigenvalue weighted by Crippen LogP contribution is -2.36. The molecule has 1 N–H and O–H groups in total. The fourth-order valence-corrected chi connectivity index (χ4v) is 2.80. The van der Waals surface area contributed by atoms with Gasteiger partial charge in [-0.25, -0.2) is 4.79 Å². The van der Waals surface area contributed by atoms with Gasteiger partial charge in [-0.05, 0) is 52.2 Å². The lowest BCUT2D eigenvalue weighted by molar-refractivity contribution is 0.0224. The second-order valence-corrected chi connectivity index (χ2v) is 6.67. The third kappa shape index (κ3) is 3.39. The average molecular weight is 294 g/mol. The largest absolute Gasteiger partial charge is 0.444 e. The van der Waals surface area contributed by atoms with Crippen molar-refractivity contribution < 1.29 is 9.53 Å². The Bertz CT molecular complexity index is 560. The molecule has 1 aromatic rings. The molecule has 0 spiro atoms. The molecule has 4 nitrogen and oxygen atoms in total. The van der Waals surface area contributed by atoms with Gasteiger partial charge in [0, 0.05) is 12.2 Å². The Kier molecular flexibility index (Phi) is 4.18. The molecule has 0 radical (unpaired) electrons. The van der Waals surface area contributed by atoms with Crippen LogP contribution in [0.15, 0.2) is 12.1 Å². The van der Waals surface area contributed by atoms with E-state index in [0.717, 1.165) is 30.6 Å². The number of likely N-dealkylation sites (tertiary alicyclic amines) is 1. The Labute approximate surface area is 125 Å². The summed E-state index contributed by atoms with van der Waals surface area (Å²) in [6.45, 7) is 8.41. The van der Waals surface area contributed by atoms with E-state index in [1.807, 2.05) is 44.7 Å². The second kappa shape index (κ2) is 5.56. The number of amides is 1. The number of carbonyl (C=O) groups excluding carboxylic acids is 1. The molecule has 5 heteroatoms. The first-order chi connectivity index (χ1) is 9.28. The number of hydrogen-bond acceptors (Lipinski definition) is 3. The van der Waals surface area contributed by atoms with Gasteiger partial charge in [0.15, 0.2) is 0 Å². The molecule has 0 unspecified atom stereocenters. The monoisotopic (exact) mass is 294 g/mol. The van der Waals surface area contributed by atoms with E-state index in [9.17, 15) is 4.79 Å². The van der Waals surface area contributed by atoms with E-state index in [2.05, 4.69) is 4.98 Å². The summed E-state index contributed by atoms with van der Waals surface area (Å²) in [5.74, 6) is 0. The third-order valence-corrected chi connectivity index (χ3v) is 3.64. The zero-order valence-corrected chi connectivity index (χ0v) is 13.3. The van der Waals surface area contributed by atoms with Crippen molar-refractivity contribution >= 4 is 18.3 Å². The molecule has 0 saturated carbocycles. The predicted octanol–water partition coefficient (Wildman–Crippen LogP) is 4.12. The van der Waals surface area contributed by atoms with Gasteiger partial charge in [-0.3, -0.25) is 0 Å². The summed E-state index contributed by atoms with van der Waals surface area (Å²) in [7, 11) is 0. The summed E-state index contributed by atoms with van der Waals surface area (Å²) in [6.07, 6.45) is 1.73. The first kappa shape index (κ1) is 15.0. The Balaban J connectivity index is 2.23. The number of aromatic nitrogens is 1. The van der Waals surface area contributed by atoms with E-state index in [4.69, 9.17) is 17.0 Å². The molecule has 1 aliphatic rings. The van der Waals surface area contributed by atoms with Gasteiger partial charge >= 0.3 is 6.09 Å². The topological polar surface area (TPSA) is 45.3 Å². The van der Waals surface area contributed by atoms with E-state index >= 15 is 0 Å². The zero-order chi connectivity index (χ0) is 14.9. The van der Waals surface area contributed by atoms with Crippen LogP contribution < -0.4 is 0 Å². The maximum absolute atomic E-state index is 12.3. The van der Waals surface area contributed by atoms with Crippen LogP contribution in [0.1, 0.15) is 50.9 Å². The molecule has 1 amide bonds. The highest BCUT2D eigenvalue weighted by Gasteiger charge is 2.33. The fourth-order valence-electron chi connectivity index (χ4n) is 2.58. The minimum Gasteiger partial charge on any atom is -0.444 e. The van der Waals surface area contributed by atoms with Gasteiger partial charge in [-0.15, -0.1) is 0 Å². The summed E-state index contributed by atoms with van der Waals surface area (Å²) in [5.41, 5.74) is 1.69. The summed E-state index contributed by atoms with van der Waals surface area (Å²) in [5, 5.41) is 0. The number of nitrogens with one attached hydrogen (secondary N) is 1. The smallest absolute Gasteiger partial charge is 0.410 e. The predicted molar refractivity (Wildman–Crippen MR) is 81.3 cm³/mol. The molecular weight excluding hydrogens is 272 g/mol. The molecule has 1 aliphatic heterocycles. The van der Waals surface area contributed by atoms with Crippen LogP contribution in [0, 0.1) is 11.6 Å². The van der Waals surface area contributed by atoms with Crippen LogP contribution >= 0.6 is 12.2 Å². The van der Waals surface area contributed by atoms with Crippen LogP contribution in [0.3, 0.4) is 0 Å². The van der Waals surface area contributed by atoms with Gasteiger partial charge in [-0.1, -0.05) is 18.3 Å². The summed E-state index contributed by atoms with van der Waals surface area (Å²) in [4.78, 5) is 17.3. The number of ether oxygens (including phenoxy) is 1. The van der Waals surface area contributed by atoms with Crippen molar-refractivity contribution in [1.82, 2.24) is 9.88 Å². The van der Waals surface area contributed by atoms with Gasteiger partial charge in [0.25, 0.3) is 0 Å². The van der Waals surface area contributed by atoms with E-state index in [-0.39, 0.29) is 12.1 Å². The van der Waals surface area contributed by atoms with Crippen LogP contribution in [-0.4, -0.2) is 28.1 Å². The number of hydrogen-bond donors (Lipinski definition) is 1. The van der Waals surface area contributed by atoms with Crippen LogP contribution in [-0.2, 0) is 4.74 Å². The maximum atomic E-state index is 12.3.